The number of aryl methyl sites for hydroxylation is 1. The van der Waals surface area contributed by atoms with Gasteiger partial charge in [0.2, 0.25) is 0 Å². The van der Waals surface area contributed by atoms with E-state index in [9.17, 15) is 8.42 Å². The van der Waals surface area contributed by atoms with Crippen molar-refractivity contribution in [1.29, 1.82) is 0 Å². The molecule has 2 aromatic carbocycles. The Hall–Kier alpha value is -1.37. The molecule has 1 aliphatic rings. The second-order valence-corrected chi connectivity index (χ2v) is 8.32. The number of nitrogens with zero attached hydrogens (tertiary/aromatic N) is 1. The topological polar surface area (TPSA) is 63.4 Å². The number of rotatable bonds is 2. The quantitative estimate of drug-likeness (QED) is 0.641. The molecule has 0 aliphatic carbocycles. The molecule has 22 heavy (non-hydrogen) atoms. The molecule has 116 valence electrons. The molecule has 0 spiro atoms. The van der Waals surface area contributed by atoms with Crippen molar-refractivity contribution >= 4 is 31.6 Å². The summed E-state index contributed by atoms with van der Waals surface area (Å²) in [6.07, 6.45) is 0.530. The zero-order valence-corrected chi connectivity index (χ0v) is 14.5. The molecule has 2 atom stereocenters. The van der Waals surface area contributed by atoms with Gasteiger partial charge in [0, 0.05) is 6.04 Å². The molecular formula is C16H17BrN2O2S. The second kappa shape index (κ2) is 5.68. The lowest BCUT2D eigenvalue weighted by molar-refractivity contribution is 0.566. The van der Waals surface area contributed by atoms with Gasteiger partial charge in [-0.2, -0.15) is 0 Å². The lowest BCUT2D eigenvalue weighted by Crippen LogP contribution is -2.42. The van der Waals surface area contributed by atoms with E-state index >= 15 is 0 Å². The van der Waals surface area contributed by atoms with Gasteiger partial charge in [0.1, 0.15) is 4.95 Å². The summed E-state index contributed by atoms with van der Waals surface area (Å²) in [5.74, 6) is 0. The zero-order chi connectivity index (χ0) is 15.9. The van der Waals surface area contributed by atoms with Gasteiger partial charge in [-0.1, -0.05) is 51.8 Å². The van der Waals surface area contributed by atoms with Crippen LogP contribution >= 0.6 is 15.9 Å². The number of alkyl halides is 1. The molecule has 0 fully saturated rings. The molecule has 6 heteroatoms. The Balaban J connectivity index is 2.14. The van der Waals surface area contributed by atoms with E-state index in [1.54, 1.807) is 30.3 Å². The van der Waals surface area contributed by atoms with Gasteiger partial charge < -0.3 is 5.73 Å². The standard InChI is InChI=1S/C16H17BrN2O2S/c1-11-6-8-12(9-7-11)22(20,21)19-15-5-3-2-4-13(15)14(18)10-16(19)17/h2-9,14,16H,10,18H2,1H3. The molecule has 0 bridgehead atoms. The molecular weight excluding hydrogens is 364 g/mol. The van der Waals surface area contributed by atoms with Crippen molar-refractivity contribution in [2.45, 2.75) is 29.2 Å². The minimum atomic E-state index is -3.63. The number of anilines is 1. The fourth-order valence-electron chi connectivity index (χ4n) is 2.69. The molecule has 0 aromatic heterocycles. The summed E-state index contributed by atoms with van der Waals surface area (Å²) < 4.78 is 27.5. The molecule has 0 saturated carbocycles. The summed E-state index contributed by atoms with van der Waals surface area (Å²) in [5, 5.41) is 0. The minimum absolute atomic E-state index is 0.176. The zero-order valence-electron chi connectivity index (χ0n) is 12.1. The number of hydrogen-bond acceptors (Lipinski definition) is 3. The van der Waals surface area contributed by atoms with Gasteiger partial charge >= 0.3 is 0 Å². The summed E-state index contributed by atoms with van der Waals surface area (Å²) in [7, 11) is -3.63. The highest BCUT2D eigenvalue weighted by molar-refractivity contribution is 9.09. The van der Waals surface area contributed by atoms with E-state index in [4.69, 9.17) is 5.73 Å². The molecule has 3 rings (SSSR count). The summed E-state index contributed by atoms with van der Waals surface area (Å²) in [6.45, 7) is 1.93. The molecule has 0 saturated heterocycles. The highest BCUT2D eigenvalue weighted by Crippen LogP contribution is 2.41. The Kier molecular flexibility index (Phi) is 4.01. The van der Waals surface area contributed by atoms with Crippen molar-refractivity contribution in [3.8, 4) is 0 Å². The maximum Gasteiger partial charge on any atom is 0.265 e. The van der Waals surface area contributed by atoms with Crippen LogP contribution in [0.5, 0.6) is 0 Å². The summed E-state index contributed by atoms with van der Waals surface area (Å²) in [6, 6.07) is 14.1. The monoisotopic (exact) mass is 380 g/mol. The summed E-state index contributed by atoms with van der Waals surface area (Å²) in [5.41, 5.74) is 8.67. The number of nitrogens with two attached hydrogens (primary N) is 1. The number of sulfonamides is 1. The third-order valence-electron chi connectivity index (χ3n) is 3.85. The molecule has 0 amide bonds. The molecule has 2 aromatic rings. The van der Waals surface area contributed by atoms with E-state index in [1.807, 2.05) is 25.1 Å². The Bertz CT molecular complexity index is 790. The van der Waals surface area contributed by atoms with E-state index in [2.05, 4.69) is 15.9 Å². The van der Waals surface area contributed by atoms with Gasteiger partial charge in [0.25, 0.3) is 10.0 Å². The van der Waals surface area contributed by atoms with Crippen molar-refractivity contribution in [2.24, 2.45) is 5.73 Å². The van der Waals surface area contributed by atoms with Crippen molar-refractivity contribution in [1.82, 2.24) is 0 Å². The highest BCUT2D eigenvalue weighted by atomic mass is 79.9. The first kappa shape index (κ1) is 15.5. The van der Waals surface area contributed by atoms with E-state index < -0.39 is 10.0 Å². The van der Waals surface area contributed by atoms with Crippen LogP contribution in [0.25, 0.3) is 0 Å². The fraction of sp³-hybridized carbons (Fsp3) is 0.250. The molecule has 2 unspecified atom stereocenters. The van der Waals surface area contributed by atoms with Crippen LogP contribution in [0.2, 0.25) is 0 Å². The average molecular weight is 381 g/mol. The Morgan fingerprint density at radius 1 is 1.14 bits per heavy atom. The number of benzene rings is 2. The maximum absolute atomic E-state index is 13.0. The van der Waals surface area contributed by atoms with Crippen molar-refractivity contribution < 1.29 is 8.42 Å². The first-order valence-corrected chi connectivity index (χ1v) is 9.36. The fourth-order valence-corrected chi connectivity index (χ4v) is 5.49. The largest absolute Gasteiger partial charge is 0.324 e. The number of halogens is 1. The number of hydrogen-bond donors (Lipinski definition) is 1. The van der Waals surface area contributed by atoms with Crippen LogP contribution in [0.3, 0.4) is 0 Å². The Morgan fingerprint density at radius 2 is 1.77 bits per heavy atom. The van der Waals surface area contributed by atoms with E-state index in [-0.39, 0.29) is 15.9 Å². The smallest absolute Gasteiger partial charge is 0.265 e. The predicted molar refractivity (Wildman–Crippen MR) is 91.5 cm³/mol. The number of para-hydroxylation sites is 1. The first-order valence-electron chi connectivity index (χ1n) is 7.01. The Morgan fingerprint density at radius 3 is 2.45 bits per heavy atom. The van der Waals surface area contributed by atoms with Crippen LogP contribution in [0.15, 0.2) is 53.4 Å². The molecule has 0 radical (unpaired) electrons. The van der Waals surface area contributed by atoms with Gasteiger partial charge in [-0.15, -0.1) is 0 Å². The molecule has 2 N–H and O–H groups in total. The van der Waals surface area contributed by atoms with Gasteiger partial charge in [0.15, 0.2) is 0 Å². The van der Waals surface area contributed by atoms with Crippen molar-refractivity contribution in [3.05, 3.63) is 59.7 Å². The molecule has 1 aliphatic heterocycles. The maximum atomic E-state index is 13.0. The first-order chi connectivity index (χ1) is 10.4. The minimum Gasteiger partial charge on any atom is -0.324 e. The van der Waals surface area contributed by atoms with E-state index in [1.165, 1.54) is 4.31 Å². The van der Waals surface area contributed by atoms with Gasteiger partial charge in [-0.05, 0) is 37.1 Å². The third kappa shape index (κ3) is 2.55. The third-order valence-corrected chi connectivity index (χ3v) is 6.75. The van der Waals surface area contributed by atoms with Crippen molar-refractivity contribution in [3.63, 3.8) is 0 Å². The lowest BCUT2D eigenvalue weighted by Gasteiger charge is -2.37. The van der Waals surface area contributed by atoms with Crippen LogP contribution in [0.4, 0.5) is 5.69 Å². The van der Waals surface area contributed by atoms with Crippen molar-refractivity contribution in [2.75, 3.05) is 4.31 Å². The highest BCUT2D eigenvalue weighted by Gasteiger charge is 2.37. The van der Waals surface area contributed by atoms with E-state index in [0.29, 0.717) is 12.1 Å². The van der Waals surface area contributed by atoms with Crippen LogP contribution < -0.4 is 10.0 Å². The van der Waals surface area contributed by atoms with Gasteiger partial charge in [0.05, 0.1) is 10.6 Å². The lowest BCUT2D eigenvalue weighted by atomic mass is 9.99. The predicted octanol–water partition coefficient (Wildman–Crippen LogP) is 3.31. The Labute approximate surface area is 139 Å². The molecule has 1 heterocycles. The van der Waals surface area contributed by atoms with Crippen LogP contribution in [0, 0.1) is 6.92 Å². The SMILES string of the molecule is Cc1ccc(S(=O)(=O)N2c3ccccc3C(N)CC2Br)cc1. The second-order valence-electron chi connectivity index (χ2n) is 5.45. The summed E-state index contributed by atoms with van der Waals surface area (Å²) in [4.78, 5) is -0.0727. The summed E-state index contributed by atoms with van der Waals surface area (Å²) >= 11 is 3.48. The van der Waals surface area contributed by atoms with Crippen LogP contribution in [-0.2, 0) is 10.0 Å². The van der Waals surface area contributed by atoms with Crippen LogP contribution in [-0.4, -0.2) is 13.4 Å². The molecule has 4 nitrogen and oxygen atoms in total. The van der Waals surface area contributed by atoms with Gasteiger partial charge in [-0.25, -0.2) is 8.42 Å². The number of fused-ring (bicyclic) bond motifs is 1. The van der Waals surface area contributed by atoms with Gasteiger partial charge in [-0.3, -0.25) is 4.31 Å². The van der Waals surface area contributed by atoms with E-state index in [0.717, 1.165) is 11.1 Å². The normalized spacial score (nSPS) is 21.5. The van der Waals surface area contributed by atoms with Crippen LogP contribution in [0.1, 0.15) is 23.6 Å². The average Bonchev–Trinajstić information content (AvgIpc) is 2.47.